The fourth-order valence-corrected chi connectivity index (χ4v) is 2.99. The first-order chi connectivity index (χ1) is 13.2. The van der Waals surface area contributed by atoms with E-state index >= 15 is 0 Å². The summed E-state index contributed by atoms with van der Waals surface area (Å²) in [6.45, 7) is 1.77. The number of halogens is 4. The molecule has 1 aromatic carbocycles. The number of nitrogens with zero attached hydrogens (tertiary/aromatic N) is 3. The number of hydrogen-bond donors (Lipinski definition) is 2. The number of carbonyl (C=O) groups excluding carboxylic acids is 1. The van der Waals surface area contributed by atoms with Gasteiger partial charge in [-0.15, -0.1) is 0 Å². The van der Waals surface area contributed by atoms with Crippen LogP contribution in [-0.4, -0.2) is 33.4 Å². The van der Waals surface area contributed by atoms with Gasteiger partial charge in [-0.3, -0.25) is 9.78 Å². The topological polar surface area (TPSA) is 84.1 Å². The van der Waals surface area contributed by atoms with Crippen molar-refractivity contribution in [2.45, 2.75) is 25.6 Å². The van der Waals surface area contributed by atoms with Gasteiger partial charge in [-0.05, 0) is 19.1 Å². The Morgan fingerprint density at radius 3 is 2.71 bits per heavy atom. The van der Waals surface area contributed by atoms with Gasteiger partial charge in [0.15, 0.2) is 0 Å². The van der Waals surface area contributed by atoms with Gasteiger partial charge in [0.1, 0.15) is 11.6 Å². The lowest BCUT2D eigenvalue weighted by Gasteiger charge is -2.35. The molecule has 1 aliphatic rings. The third-order valence-electron chi connectivity index (χ3n) is 4.51. The molecular formula is C18H17F4N5O. The Balaban J connectivity index is 1.85. The zero-order valence-corrected chi connectivity index (χ0v) is 14.8. The second-order valence-corrected chi connectivity index (χ2v) is 6.24. The minimum Gasteiger partial charge on any atom is -0.399 e. The van der Waals surface area contributed by atoms with Crippen molar-refractivity contribution in [1.29, 1.82) is 0 Å². The number of carbonyl (C=O) groups is 1. The first kappa shape index (κ1) is 19.6. The molecule has 0 saturated carbocycles. The van der Waals surface area contributed by atoms with Crippen LogP contribution >= 0.6 is 0 Å². The summed E-state index contributed by atoms with van der Waals surface area (Å²) in [7, 11) is 0. The molecule has 0 radical (unpaired) electrons. The van der Waals surface area contributed by atoms with Gasteiger partial charge >= 0.3 is 6.18 Å². The van der Waals surface area contributed by atoms with Crippen LogP contribution in [0.1, 0.15) is 29.3 Å². The number of nitrogens with two attached hydrogens (primary N) is 1. The van der Waals surface area contributed by atoms with Gasteiger partial charge in [-0.1, -0.05) is 6.07 Å². The molecule has 1 aromatic heterocycles. The molecule has 1 amide bonds. The predicted octanol–water partition coefficient (Wildman–Crippen LogP) is 3.15. The number of hydrogen-bond acceptors (Lipinski definition) is 5. The van der Waals surface area contributed by atoms with Crippen LogP contribution in [0.15, 0.2) is 48.2 Å². The Labute approximate surface area is 158 Å². The summed E-state index contributed by atoms with van der Waals surface area (Å²) in [5.41, 5.74) is 4.94. The SMILES string of the molecule is CC1C(N)=C(Nc2cnccn2)CCN1C(=O)c1cccc(C(F)(F)F)c1F. The number of anilines is 1. The van der Waals surface area contributed by atoms with E-state index in [1.165, 1.54) is 23.5 Å². The second-order valence-electron chi connectivity index (χ2n) is 6.24. The van der Waals surface area contributed by atoms with Gasteiger partial charge in [0.2, 0.25) is 0 Å². The summed E-state index contributed by atoms with van der Waals surface area (Å²) in [6, 6.07) is 2.00. The Morgan fingerprint density at radius 2 is 2.07 bits per heavy atom. The van der Waals surface area contributed by atoms with Crippen LogP contribution in [0.2, 0.25) is 0 Å². The summed E-state index contributed by atoms with van der Waals surface area (Å²) in [4.78, 5) is 22.0. The number of rotatable bonds is 3. The van der Waals surface area contributed by atoms with Crippen molar-refractivity contribution in [2.75, 3.05) is 11.9 Å². The van der Waals surface area contributed by atoms with Crippen molar-refractivity contribution in [3.63, 3.8) is 0 Å². The summed E-state index contributed by atoms with van der Waals surface area (Å²) in [5, 5.41) is 3.02. The van der Waals surface area contributed by atoms with Crippen molar-refractivity contribution in [3.05, 3.63) is 65.1 Å². The molecule has 6 nitrogen and oxygen atoms in total. The second kappa shape index (κ2) is 7.45. The average molecular weight is 395 g/mol. The highest BCUT2D eigenvalue weighted by Crippen LogP contribution is 2.33. The fraction of sp³-hybridized carbons (Fsp3) is 0.278. The lowest BCUT2D eigenvalue weighted by atomic mass is 10.0. The van der Waals surface area contributed by atoms with Crippen molar-refractivity contribution in [3.8, 4) is 0 Å². The van der Waals surface area contributed by atoms with E-state index in [1.807, 2.05) is 0 Å². The maximum absolute atomic E-state index is 14.3. The van der Waals surface area contributed by atoms with Gasteiger partial charge in [0.25, 0.3) is 5.91 Å². The zero-order valence-electron chi connectivity index (χ0n) is 14.8. The highest BCUT2D eigenvalue weighted by Gasteiger charge is 2.37. The summed E-state index contributed by atoms with van der Waals surface area (Å²) >= 11 is 0. The van der Waals surface area contributed by atoms with E-state index in [-0.39, 0.29) is 6.54 Å². The third-order valence-corrected chi connectivity index (χ3v) is 4.51. The van der Waals surface area contributed by atoms with E-state index in [0.29, 0.717) is 29.7 Å². The number of aromatic nitrogens is 2. The molecular weight excluding hydrogens is 378 g/mol. The quantitative estimate of drug-likeness (QED) is 0.780. The van der Waals surface area contributed by atoms with Crippen LogP contribution in [0, 0.1) is 5.82 Å². The highest BCUT2D eigenvalue weighted by atomic mass is 19.4. The van der Waals surface area contributed by atoms with Gasteiger partial charge in [0, 0.05) is 31.1 Å². The van der Waals surface area contributed by atoms with Crippen LogP contribution in [0.25, 0.3) is 0 Å². The lowest BCUT2D eigenvalue weighted by Crippen LogP contribution is -2.46. The molecule has 148 valence electrons. The zero-order chi connectivity index (χ0) is 20.5. The molecule has 0 saturated heterocycles. The molecule has 0 aliphatic carbocycles. The minimum atomic E-state index is -4.89. The first-order valence-corrected chi connectivity index (χ1v) is 8.38. The number of amides is 1. The van der Waals surface area contributed by atoms with Gasteiger partial charge < -0.3 is 16.0 Å². The highest BCUT2D eigenvalue weighted by molar-refractivity contribution is 5.95. The van der Waals surface area contributed by atoms with Crippen molar-refractivity contribution in [1.82, 2.24) is 14.9 Å². The van der Waals surface area contributed by atoms with Crippen LogP contribution in [0.3, 0.4) is 0 Å². The summed E-state index contributed by atoms with van der Waals surface area (Å²) in [6.07, 6.45) is -0.0752. The van der Waals surface area contributed by atoms with E-state index < -0.39 is 35.1 Å². The maximum Gasteiger partial charge on any atom is 0.419 e. The maximum atomic E-state index is 14.3. The van der Waals surface area contributed by atoms with Crippen molar-refractivity contribution in [2.24, 2.45) is 5.73 Å². The molecule has 3 rings (SSSR count). The van der Waals surface area contributed by atoms with Crippen LogP contribution in [-0.2, 0) is 6.18 Å². The van der Waals surface area contributed by atoms with Gasteiger partial charge in [-0.2, -0.15) is 13.2 Å². The molecule has 28 heavy (non-hydrogen) atoms. The average Bonchev–Trinajstić information content (AvgIpc) is 2.65. The lowest BCUT2D eigenvalue weighted by molar-refractivity contribution is -0.140. The predicted molar refractivity (Wildman–Crippen MR) is 93.4 cm³/mol. The fourth-order valence-electron chi connectivity index (χ4n) is 2.99. The normalized spacial score (nSPS) is 17.6. The Morgan fingerprint density at radius 1 is 1.32 bits per heavy atom. The van der Waals surface area contributed by atoms with Crippen molar-refractivity contribution < 1.29 is 22.4 Å². The molecule has 0 spiro atoms. The van der Waals surface area contributed by atoms with Crippen LogP contribution in [0.4, 0.5) is 23.4 Å². The molecule has 10 heteroatoms. The van der Waals surface area contributed by atoms with Crippen LogP contribution < -0.4 is 11.1 Å². The number of alkyl halides is 3. The summed E-state index contributed by atoms with van der Waals surface area (Å²) < 4.78 is 53.1. The van der Waals surface area contributed by atoms with Crippen LogP contribution in [0.5, 0.6) is 0 Å². The van der Waals surface area contributed by atoms with Crippen molar-refractivity contribution >= 4 is 11.7 Å². The molecule has 2 aromatic rings. The van der Waals surface area contributed by atoms with Gasteiger partial charge in [-0.25, -0.2) is 9.37 Å². The Bertz CT molecular complexity index is 914. The standard InChI is InChI=1S/C18H17F4N5O/c1-10-16(23)13(26-14-9-24-6-7-25-14)5-8-27(10)17(28)11-3-2-4-12(15(11)19)18(20,21)22/h2-4,6-7,9-10H,5,8,23H2,1H3,(H,25,26). The molecule has 1 unspecified atom stereocenters. The monoisotopic (exact) mass is 395 g/mol. The van der Waals surface area contributed by atoms with Gasteiger partial charge in [0.05, 0.1) is 29.1 Å². The molecule has 1 atom stereocenters. The molecule has 0 bridgehead atoms. The number of benzene rings is 1. The Kier molecular flexibility index (Phi) is 5.21. The molecule has 2 heterocycles. The molecule has 3 N–H and O–H groups in total. The minimum absolute atomic E-state index is 0.152. The molecule has 1 aliphatic heterocycles. The van der Waals surface area contributed by atoms with E-state index in [2.05, 4.69) is 15.3 Å². The summed E-state index contributed by atoms with van der Waals surface area (Å²) in [5.74, 6) is -1.97. The smallest absolute Gasteiger partial charge is 0.399 e. The van der Waals surface area contributed by atoms with E-state index in [0.717, 1.165) is 12.1 Å². The Hall–Kier alpha value is -3.17. The van der Waals surface area contributed by atoms with E-state index in [9.17, 15) is 22.4 Å². The van der Waals surface area contributed by atoms with E-state index in [1.54, 1.807) is 6.92 Å². The largest absolute Gasteiger partial charge is 0.419 e. The third kappa shape index (κ3) is 3.75. The number of nitrogens with one attached hydrogen (secondary N) is 1. The van der Waals surface area contributed by atoms with E-state index in [4.69, 9.17) is 5.73 Å². The first-order valence-electron chi connectivity index (χ1n) is 8.38. The molecule has 0 fully saturated rings.